The number of amides is 2. The van der Waals surface area contributed by atoms with Crippen LogP contribution < -0.4 is 5.32 Å². The predicted molar refractivity (Wildman–Crippen MR) is 122 cm³/mol. The third-order valence-corrected chi connectivity index (χ3v) is 7.35. The minimum Gasteiger partial charge on any atom is -0.481 e. The van der Waals surface area contributed by atoms with Crippen molar-refractivity contribution in [2.45, 2.75) is 37.1 Å². The lowest BCUT2D eigenvalue weighted by atomic mass is 9.98. The van der Waals surface area contributed by atoms with Crippen molar-refractivity contribution >= 4 is 18.0 Å². The molecule has 3 aliphatic rings. The summed E-state index contributed by atoms with van der Waals surface area (Å²) in [6, 6.07) is 15.2. The van der Waals surface area contributed by atoms with Crippen molar-refractivity contribution < 1.29 is 33.0 Å². The number of carbonyl (C=O) groups excluding carboxylic acids is 2. The number of carbonyl (C=O) groups is 3. The average Bonchev–Trinajstić information content (AvgIpc) is 3.12. The lowest BCUT2D eigenvalue weighted by molar-refractivity contribution is -0.141. The van der Waals surface area contributed by atoms with Crippen molar-refractivity contribution in [3.8, 4) is 11.1 Å². The van der Waals surface area contributed by atoms with Gasteiger partial charge in [-0.25, -0.2) is 13.6 Å². The molecule has 0 bridgehead atoms. The quantitative estimate of drug-likeness (QED) is 0.622. The second-order valence-corrected chi connectivity index (χ2v) is 9.39. The lowest BCUT2D eigenvalue weighted by Crippen LogP contribution is -2.39. The number of halogens is 2. The lowest BCUT2D eigenvalue weighted by Gasteiger charge is -2.23. The number of benzene rings is 2. The molecule has 184 valence electrons. The molecule has 1 saturated carbocycles. The average molecular weight is 484 g/mol. The van der Waals surface area contributed by atoms with E-state index in [4.69, 9.17) is 9.84 Å². The molecule has 1 heterocycles. The van der Waals surface area contributed by atoms with Crippen LogP contribution in [0, 0.1) is 11.8 Å². The van der Waals surface area contributed by atoms with Crippen LogP contribution in [0.2, 0.25) is 0 Å². The first-order valence-electron chi connectivity index (χ1n) is 11.8. The Balaban J connectivity index is 1.16. The maximum absolute atomic E-state index is 14.4. The zero-order valence-electron chi connectivity index (χ0n) is 19.0. The summed E-state index contributed by atoms with van der Waals surface area (Å²) in [4.78, 5) is 37.3. The third-order valence-electron chi connectivity index (χ3n) is 7.35. The molecule has 5 rings (SSSR count). The van der Waals surface area contributed by atoms with Gasteiger partial charge >= 0.3 is 12.1 Å². The normalized spacial score (nSPS) is 23.9. The van der Waals surface area contributed by atoms with Crippen LogP contribution in [-0.2, 0) is 14.3 Å². The van der Waals surface area contributed by atoms with Crippen LogP contribution in [0.4, 0.5) is 13.6 Å². The number of nitrogens with one attached hydrogen (secondary N) is 1. The van der Waals surface area contributed by atoms with Crippen molar-refractivity contribution in [3.63, 3.8) is 0 Å². The number of alkyl carbamates (subject to hydrolysis) is 1. The Labute approximate surface area is 201 Å². The van der Waals surface area contributed by atoms with Crippen molar-refractivity contribution in [1.82, 2.24) is 10.2 Å². The summed E-state index contributed by atoms with van der Waals surface area (Å²) in [7, 11) is 0. The predicted octanol–water partition coefficient (Wildman–Crippen LogP) is 3.87. The maximum atomic E-state index is 14.4. The first kappa shape index (κ1) is 23.3. The first-order valence-corrected chi connectivity index (χ1v) is 11.8. The van der Waals surface area contributed by atoms with Crippen LogP contribution in [-0.4, -0.2) is 59.6 Å². The Bertz CT molecular complexity index is 1120. The van der Waals surface area contributed by atoms with Crippen molar-refractivity contribution in [3.05, 3.63) is 59.7 Å². The van der Waals surface area contributed by atoms with E-state index in [0.717, 1.165) is 22.3 Å². The molecule has 2 aromatic rings. The molecule has 35 heavy (non-hydrogen) atoms. The van der Waals surface area contributed by atoms with Gasteiger partial charge in [0, 0.05) is 25.0 Å². The Hall–Kier alpha value is -3.49. The van der Waals surface area contributed by atoms with Gasteiger partial charge in [-0.3, -0.25) is 9.59 Å². The molecule has 7 nitrogen and oxygen atoms in total. The Morgan fingerprint density at radius 1 is 1.06 bits per heavy atom. The van der Waals surface area contributed by atoms with E-state index in [0.29, 0.717) is 12.8 Å². The zero-order chi connectivity index (χ0) is 24.7. The first-order chi connectivity index (χ1) is 16.8. The summed E-state index contributed by atoms with van der Waals surface area (Å²) in [6.07, 6.45) is 0.00164. The number of fused-ring (bicyclic) bond motifs is 3. The van der Waals surface area contributed by atoms with Crippen LogP contribution in [0.3, 0.4) is 0 Å². The Morgan fingerprint density at radius 3 is 2.31 bits per heavy atom. The highest BCUT2D eigenvalue weighted by atomic mass is 19.3. The zero-order valence-corrected chi connectivity index (χ0v) is 19.0. The van der Waals surface area contributed by atoms with Gasteiger partial charge in [-0.1, -0.05) is 48.5 Å². The summed E-state index contributed by atoms with van der Waals surface area (Å²) in [6.45, 7) is -0.0542. The van der Waals surface area contributed by atoms with Crippen LogP contribution in [0.25, 0.3) is 11.1 Å². The van der Waals surface area contributed by atoms with E-state index in [1.807, 2.05) is 48.5 Å². The van der Waals surface area contributed by atoms with E-state index < -0.39 is 48.3 Å². The van der Waals surface area contributed by atoms with E-state index in [2.05, 4.69) is 5.32 Å². The van der Waals surface area contributed by atoms with Gasteiger partial charge in [0.25, 0.3) is 5.92 Å². The Kier molecular flexibility index (Phi) is 5.94. The van der Waals surface area contributed by atoms with Crippen molar-refractivity contribution in [2.24, 2.45) is 11.8 Å². The van der Waals surface area contributed by atoms with Crippen molar-refractivity contribution in [2.75, 3.05) is 19.7 Å². The molecule has 1 aliphatic heterocycles. The molecule has 2 N–H and O–H groups in total. The van der Waals surface area contributed by atoms with E-state index in [-0.39, 0.29) is 25.5 Å². The molecular weight excluding hydrogens is 458 g/mol. The van der Waals surface area contributed by atoms with E-state index in [1.165, 1.54) is 4.90 Å². The fourth-order valence-electron chi connectivity index (χ4n) is 5.54. The van der Waals surface area contributed by atoms with Gasteiger partial charge in [0.15, 0.2) is 0 Å². The summed E-state index contributed by atoms with van der Waals surface area (Å²) in [5, 5.41) is 11.4. The highest BCUT2D eigenvalue weighted by Gasteiger charge is 2.72. The molecule has 2 fully saturated rings. The smallest absolute Gasteiger partial charge is 0.407 e. The van der Waals surface area contributed by atoms with E-state index >= 15 is 0 Å². The number of carboxylic acids is 1. The van der Waals surface area contributed by atoms with Gasteiger partial charge in [0.2, 0.25) is 5.91 Å². The van der Waals surface area contributed by atoms with Gasteiger partial charge in [-0.15, -0.1) is 0 Å². The fourth-order valence-corrected chi connectivity index (χ4v) is 5.54. The van der Waals surface area contributed by atoms with Crippen LogP contribution in [0.15, 0.2) is 48.5 Å². The number of rotatable bonds is 7. The monoisotopic (exact) mass is 484 g/mol. The number of carboxylic acid groups (broad SMARTS) is 1. The molecule has 9 heteroatoms. The third kappa shape index (κ3) is 4.24. The van der Waals surface area contributed by atoms with E-state index in [9.17, 15) is 23.2 Å². The molecule has 2 amide bonds. The molecule has 3 atom stereocenters. The second kappa shape index (κ2) is 8.94. The van der Waals surface area contributed by atoms with Crippen LogP contribution in [0.1, 0.15) is 36.3 Å². The van der Waals surface area contributed by atoms with Gasteiger partial charge in [-0.05, 0) is 35.1 Å². The summed E-state index contributed by atoms with van der Waals surface area (Å²) in [5.74, 6) is -8.08. The Morgan fingerprint density at radius 2 is 1.69 bits per heavy atom. The molecule has 2 aromatic carbocycles. The second-order valence-electron chi connectivity index (χ2n) is 9.39. The number of aliphatic carboxylic acids is 1. The van der Waals surface area contributed by atoms with E-state index in [1.54, 1.807) is 0 Å². The van der Waals surface area contributed by atoms with Gasteiger partial charge in [-0.2, -0.15) is 0 Å². The number of ether oxygens (including phenoxy) is 1. The SMILES string of the molecule is O=C(O)CC1CCCN1C(=O)[C@@H]1[C@H](CNC(=O)OCC2c3ccccc3-c3ccccc32)C1(F)F. The maximum Gasteiger partial charge on any atom is 0.407 e. The highest BCUT2D eigenvalue weighted by molar-refractivity contribution is 5.85. The largest absolute Gasteiger partial charge is 0.481 e. The molecule has 1 saturated heterocycles. The number of likely N-dealkylation sites (tertiary alicyclic amines) is 1. The number of alkyl halides is 2. The summed E-state index contributed by atoms with van der Waals surface area (Å²) < 4.78 is 34.2. The number of nitrogens with zero attached hydrogens (tertiary/aromatic N) is 1. The van der Waals surface area contributed by atoms with Gasteiger partial charge in [0.05, 0.1) is 12.3 Å². The highest BCUT2D eigenvalue weighted by Crippen LogP contribution is 2.56. The van der Waals surface area contributed by atoms with Crippen LogP contribution >= 0.6 is 0 Å². The number of hydrogen-bond donors (Lipinski definition) is 2. The topological polar surface area (TPSA) is 95.9 Å². The minimum absolute atomic E-state index is 0.0634. The summed E-state index contributed by atoms with van der Waals surface area (Å²) >= 11 is 0. The van der Waals surface area contributed by atoms with Gasteiger partial charge in [0.1, 0.15) is 12.5 Å². The molecule has 0 radical (unpaired) electrons. The van der Waals surface area contributed by atoms with Crippen molar-refractivity contribution in [1.29, 1.82) is 0 Å². The summed E-state index contributed by atoms with van der Waals surface area (Å²) in [5.41, 5.74) is 4.25. The molecular formula is C26H26F2N2O5. The molecule has 2 aliphatic carbocycles. The van der Waals surface area contributed by atoms with Gasteiger partial charge < -0.3 is 20.1 Å². The fraction of sp³-hybridized carbons (Fsp3) is 0.423. The number of hydrogen-bond acceptors (Lipinski definition) is 4. The van der Waals surface area contributed by atoms with Crippen LogP contribution in [0.5, 0.6) is 0 Å². The minimum atomic E-state index is -3.25. The molecule has 0 spiro atoms. The molecule has 0 aromatic heterocycles. The standard InChI is InChI=1S/C26H26F2N2O5/c27-26(28)21(23(26)24(33)30-11-5-6-15(30)12-22(31)32)13-29-25(34)35-14-20-18-9-3-1-7-16(18)17-8-2-4-10-19(17)20/h1-4,7-10,15,20-21,23H,5-6,11-14H2,(H,29,34)(H,31,32)/t15?,21-,23-/m0/s1. The molecule has 1 unspecified atom stereocenters.